The lowest BCUT2D eigenvalue weighted by Crippen LogP contribution is -2.47. The number of oxazole rings is 1. The van der Waals surface area contributed by atoms with Gasteiger partial charge in [0, 0.05) is 24.0 Å². The highest BCUT2D eigenvalue weighted by Gasteiger charge is 2.37. The third-order valence-corrected chi connectivity index (χ3v) is 6.49. The van der Waals surface area contributed by atoms with Crippen LogP contribution >= 0.6 is 11.3 Å². The predicted octanol–water partition coefficient (Wildman–Crippen LogP) is 2.59. The average Bonchev–Trinajstić information content (AvgIpc) is 3.29. The third-order valence-electron chi connectivity index (χ3n) is 5.42. The molecule has 1 fully saturated rings. The Hall–Kier alpha value is -1.93. The molecule has 6 nitrogen and oxygen atoms in total. The van der Waals surface area contributed by atoms with Crippen molar-refractivity contribution in [2.75, 3.05) is 13.1 Å². The van der Waals surface area contributed by atoms with Crippen molar-refractivity contribution in [1.82, 2.24) is 9.88 Å². The van der Waals surface area contributed by atoms with E-state index in [-0.39, 0.29) is 6.04 Å². The fourth-order valence-electron chi connectivity index (χ4n) is 3.72. The maximum Gasteiger partial charge on any atom is 0.417 e. The van der Waals surface area contributed by atoms with Crippen LogP contribution in [0.5, 0.6) is 0 Å². The first-order valence-electron chi connectivity index (χ1n) is 8.77. The van der Waals surface area contributed by atoms with Crippen molar-refractivity contribution < 1.29 is 14.6 Å². The van der Waals surface area contributed by atoms with E-state index in [9.17, 15) is 15.0 Å². The topological polar surface area (TPSA) is 89.7 Å². The smallest absolute Gasteiger partial charge is 0.408 e. The number of aliphatic hydroxyl groups excluding tert-OH is 1. The number of aromatic amines is 1. The summed E-state index contributed by atoms with van der Waals surface area (Å²) in [4.78, 5) is 17.1. The first kappa shape index (κ1) is 17.5. The van der Waals surface area contributed by atoms with Crippen molar-refractivity contribution >= 4 is 22.4 Å². The second-order valence-electron chi connectivity index (χ2n) is 7.00. The molecular weight excluding hydrogens is 352 g/mol. The lowest BCUT2D eigenvalue weighted by atomic mass is 9.88. The van der Waals surface area contributed by atoms with E-state index in [4.69, 9.17) is 4.42 Å². The van der Waals surface area contributed by atoms with Crippen LogP contribution in [0.2, 0.25) is 0 Å². The van der Waals surface area contributed by atoms with Crippen molar-refractivity contribution in [2.24, 2.45) is 0 Å². The van der Waals surface area contributed by atoms with E-state index in [1.807, 2.05) is 24.4 Å². The molecule has 26 heavy (non-hydrogen) atoms. The Bertz CT molecular complexity index is 938. The number of fused-ring (bicyclic) bond motifs is 1. The molecule has 2 atom stereocenters. The SMILES string of the molecule is CC(C(O)c1ccc2[nH]c(=O)oc2c1)N1CCC(O)(c2cccs2)CC1. The van der Waals surface area contributed by atoms with Crippen LogP contribution in [-0.4, -0.2) is 39.2 Å². The number of likely N-dealkylation sites (tertiary alicyclic amines) is 1. The van der Waals surface area contributed by atoms with Crippen LogP contribution < -0.4 is 5.76 Å². The van der Waals surface area contributed by atoms with E-state index in [1.54, 1.807) is 29.5 Å². The molecule has 138 valence electrons. The van der Waals surface area contributed by atoms with Crippen LogP contribution in [-0.2, 0) is 5.60 Å². The summed E-state index contributed by atoms with van der Waals surface area (Å²) < 4.78 is 5.08. The van der Waals surface area contributed by atoms with Gasteiger partial charge < -0.3 is 14.6 Å². The fraction of sp³-hybridized carbons (Fsp3) is 0.421. The van der Waals surface area contributed by atoms with Gasteiger partial charge in [-0.15, -0.1) is 11.3 Å². The molecule has 1 aliphatic rings. The predicted molar refractivity (Wildman–Crippen MR) is 100 cm³/mol. The summed E-state index contributed by atoms with van der Waals surface area (Å²) in [6.07, 6.45) is 0.597. The number of nitrogens with zero attached hydrogens (tertiary/aromatic N) is 1. The number of nitrogens with one attached hydrogen (secondary N) is 1. The van der Waals surface area contributed by atoms with E-state index >= 15 is 0 Å². The Morgan fingerprint density at radius 1 is 1.31 bits per heavy atom. The summed E-state index contributed by atoms with van der Waals surface area (Å²) in [5.41, 5.74) is 1.02. The van der Waals surface area contributed by atoms with Gasteiger partial charge >= 0.3 is 5.76 Å². The molecule has 0 bridgehead atoms. The summed E-state index contributed by atoms with van der Waals surface area (Å²) in [7, 11) is 0. The molecule has 4 rings (SSSR count). The Balaban J connectivity index is 1.47. The number of rotatable bonds is 4. The highest BCUT2D eigenvalue weighted by atomic mass is 32.1. The van der Waals surface area contributed by atoms with Gasteiger partial charge in [-0.25, -0.2) is 4.79 Å². The van der Waals surface area contributed by atoms with Crippen molar-refractivity contribution in [2.45, 2.75) is 37.5 Å². The summed E-state index contributed by atoms with van der Waals surface area (Å²) in [6, 6.07) is 9.11. The van der Waals surface area contributed by atoms with Crippen LogP contribution in [0.25, 0.3) is 11.1 Å². The molecule has 2 unspecified atom stereocenters. The first-order valence-corrected chi connectivity index (χ1v) is 9.65. The lowest BCUT2D eigenvalue weighted by molar-refractivity contribution is -0.0479. The molecule has 7 heteroatoms. The number of piperidine rings is 1. The zero-order chi connectivity index (χ0) is 18.3. The van der Waals surface area contributed by atoms with Gasteiger partial charge in [0.25, 0.3) is 0 Å². The van der Waals surface area contributed by atoms with E-state index < -0.39 is 17.5 Å². The van der Waals surface area contributed by atoms with Crippen LogP contribution in [0.15, 0.2) is 44.9 Å². The van der Waals surface area contributed by atoms with E-state index in [2.05, 4.69) is 9.88 Å². The number of benzene rings is 1. The summed E-state index contributed by atoms with van der Waals surface area (Å²) in [5, 5.41) is 23.7. The number of aromatic nitrogens is 1. The molecule has 0 saturated carbocycles. The second kappa shape index (κ2) is 6.66. The van der Waals surface area contributed by atoms with Gasteiger partial charge in [-0.2, -0.15) is 0 Å². The molecule has 2 aromatic heterocycles. The van der Waals surface area contributed by atoms with E-state index in [0.717, 1.165) is 4.88 Å². The van der Waals surface area contributed by atoms with Gasteiger partial charge in [-0.1, -0.05) is 12.1 Å². The third kappa shape index (κ3) is 3.12. The monoisotopic (exact) mass is 374 g/mol. The van der Waals surface area contributed by atoms with Gasteiger partial charge in [-0.3, -0.25) is 9.88 Å². The van der Waals surface area contributed by atoms with Gasteiger partial charge in [0.15, 0.2) is 5.58 Å². The highest BCUT2D eigenvalue weighted by molar-refractivity contribution is 7.10. The second-order valence-corrected chi connectivity index (χ2v) is 7.95. The van der Waals surface area contributed by atoms with Gasteiger partial charge in [0.05, 0.1) is 11.6 Å². The number of aliphatic hydroxyl groups is 2. The number of H-pyrrole nitrogens is 1. The summed E-state index contributed by atoms with van der Waals surface area (Å²) >= 11 is 1.59. The molecule has 1 aromatic carbocycles. The van der Waals surface area contributed by atoms with Crippen molar-refractivity contribution in [3.8, 4) is 0 Å². The molecular formula is C19H22N2O4S. The van der Waals surface area contributed by atoms with Crippen molar-refractivity contribution in [3.05, 3.63) is 56.7 Å². The minimum absolute atomic E-state index is 0.106. The molecule has 3 N–H and O–H groups in total. The zero-order valence-corrected chi connectivity index (χ0v) is 15.3. The number of thiophene rings is 1. The average molecular weight is 374 g/mol. The molecule has 1 saturated heterocycles. The Kier molecular flexibility index (Phi) is 4.48. The van der Waals surface area contributed by atoms with Crippen LogP contribution in [0, 0.1) is 0 Å². The first-order chi connectivity index (χ1) is 12.5. The summed E-state index contributed by atoms with van der Waals surface area (Å²) in [5.74, 6) is -0.497. The minimum atomic E-state index is -0.761. The number of hydrogen-bond acceptors (Lipinski definition) is 6. The van der Waals surface area contributed by atoms with Gasteiger partial charge in [-0.05, 0) is 48.9 Å². The molecule has 3 aromatic rings. The largest absolute Gasteiger partial charge is 0.417 e. The van der Waals surface area contributed by atoms with Crippen LogP contribution in [0.1, 0.15) is 36.3 Å². The van der Waals surface area contributed by atoms with E-state index in [0.29, 0.717) is 42.6 Å². The molecule has 0 aliphatic carbocycles. The molecule has 3 heterocycles. The standard InChI is InChI=1S/C19H22N2O4S/c1-12(17(22)13-4-5-14-15(11-13)25-18(23)20-14)21-8-6-19(24,7-9-21)16-3-2-10-26-16/h2-5,10-12,17,22,24H,6-9H2,1H3,(H,20,23). The zero-order valence-electron chi connectivity index (χ0n) is 14.5. The van der Waals surface area contributed by atoms with Crippen LogP contribution in [0.3, 0.4) is 0 Å². The molecule has 0 spiro atoms. The normalized spacial score (nSPS) is 20.3. The summed E-state index contributed by atoms with van der Waals surface area (Å²) in [6.45, 7) is 3.42. The molecule has 0 radical (unpaired) electrons. The minimum Gasteiger partial charge on any atom is -0.408 e. The van der Waals surface area contributed by atoms with Crippen molar-refractivity contribution in [3.63, 3.8) is 0 Å². The highest BCUT2D eigenvalue weighted by Crippen LogP contribution is 2.37. The van der Waals surface area contributed by atoms with E-state index in [1.165, 1.54) is 0 Å². The quantitative estimate of drug-likeness (QED) is 0.653. The Morgan fingerprint density at radius 3 is 2.77 bits per heavy atom. The fourth-order valence-corrected chi connectivity index (χ4v) is 4.60. The lowest BCUT2D eigenvalue weighted by Gasteiger charge is -2.41. The van der Waals surface area contributed by atoms with Gasteiger partial charge in [0.1, 0.15) is 5.60 Å². The molecule has 0 amide bonds. The Morgan fingerprint density at radius 2 is 2.08 bits per heavy atom. The number of hydrogen-bond donors (Lipinski definition) is 3. The Labute approximate surface area is 154 Å². The van der Waals surface area contributed by atoms with Crippen molar-refractivity contribution in [1.29, 1.82) is 0 Å². The van der Waals surface area contributed by atoms with Gasteiger partial charge in [0.2, 0.25) is 0 Å². The molecule has 1 aliphatic heterocycles. The maximum atomic E-state index is 11.3. The van der Waals surface area contributed by atoms with Crippen LogP contribution in [0.4, 0.5) is 0 Å². The maximum absolute atomic E-state index is 11.3.